The monoisotopic (exact) mass is 487 g/mol. The van der Waals surface area contributed by atoms with Crippen molar-refractivity contribution in [2.24, 2.45) is 0 Å². The molecule has 0 aromatic heterocycles. The summed E-state index contributed by atoms with van der Waals surface area (Å²) in [4.78, 5) is 37.6. The molecule has 0 amide bonds. The largest absolute Gasteiger partial charge is 0.494 e. The summed E-state index contributed by atoms with van der Waals surface area (Å²) in [6.07, 6.45) is 1.84. The minimum Gasteiger partial charge on any atom is -0.494 e. The van der Waals surface area contributed by atoms with Crippen LogP contribution in [0.3, 0.4) is 0 Å². The minimum atomic E-state index is -0.558. The van der Waals surface area contributed by atoms with Crippen LogP contribution < -0.4 is 9.64 Å². The first-order valence-electron chi connectivity index (χ1n) is 11.6. The average Bonchev–Trinajstić information content (AvgIpc) is 2.93. The second-order valence-electron chi connectivity index (χ2n) is 7.90. The van der Waals surface area contributed by atoms with Crippen molar-refractivity contribution in [2.75, 3.05) is 38.3 Å². The van der Waals surface area contributed by atoms with E-state index in [1.54, 1.807) is 48.5 Å². The molecule has 0 atom stereocenters. The summed E-state index contributed by atoms with van der Waals surface area (Å²) in [7, 11) is 1.96. The van der Waals surface area contributed by atoms with Crippen molar-refractivity contribution in [1.82, 2.24) is 0 Å². The van der Waals surface area contributed by atoms with E-state index in [1.807, 2.05) is 37.4 Å². The molecule has 0 unspecified atom stereocenters. The summed E-state index contributed by atoms with van der Waals surface area (Å²) in [6, 6.07) is 23.4. The van der Waals surface area contributed by atoms with Crippen molar-refractivity contribution >= 4 is 23.4 Å². The number of benzene rings is 3. The zero-order valence-electron chi connectivity index (χ0n) is 20.2. The number of anilines is 1. The van der Waals surface area contributed by atoms with Gasteiger partial charge in [-0.25, -0.2) is 9.59 Å². The number of carbonyl (C=O) groups excluding carboxylic acids is 3. The van der Waals surface area contributed by atoms with Crippen LogP contribution in [0.5, 0.6) is 5.75 Å². The lowest BCUT2D eigenvalue weighted by Crippen LogP contribution is -2.20. The first-order chi connectivity index (χ1) is 17.5. The molecule has 0 N–H and O–H groups in total. The molecule has 3 aromatic carbocycles. The Morgan fingerprint density at radius 3 is 2.06 bits per heavy atom. The zero-order chi connectivity index (χ0) is 25.8. The molecule has 186 valence electrons. The van der Waals surface area contributed by atoms with Crippen molar-refractivity contribution in [2.45, 2.75) is 6.42 Å². The van der Waals surface area contributed by atoms with Gasteiger partial charge in [0.05, 0.1) is 12.2 Å². The molecule has 7 heteroatoms. The number of ketones is 1. The summed E-state index contributed by atoms with van der Waals surface area (Å²) in [6.45, 7) is 4.53. The normalized spacial score (nSPS) is 10.2. The third-order valence-electron chi connectivity index (χ3n) is 5.33. The molecule has 0 saturated heterocycles. The SMILES string of the molecule is C=CC(=O)OCCOC(=O)c1ccc(N(C)CCCOc2ccc(C(=O)c3ccccc3)cc2)cc1. The van der Waals surface area contributed by atoms with E-state index in [0.29, 0.717) is 29.0 Å². The Balaban J connectivity index is 1.38. The Labute approximate surface area is 210 Å². The van der Waals surface area contributed by atoms with Gasteiger partial charge in [0.15, 0.2) is 5.78 Å². The highest BCUT2D eigenvalue weighted by molar-refractivity contribution is 6.09. The van der Waals surface area contributed by atoms with Gasteiger partial charge in [-0.05, 0) is 55.0 Å². The van der Waals surface area contributed by atoms with Crippen LogP contribution >= 0.6 is 0 Å². The number of rotatable bonds is 13. The lowest BCUT2D eigenvalue weighted by Gasteiger charge is -2.19. The van der Waals surface area contributed by atoms with Gasteiger partial charge in [-0.3, -0.25) is 4.79 Å². The second kappa shape index (κ2) is 13.5. The van der Waals surface area contributed by atoms with Gasteiger partial charge >= 0.3 is 11.9 Å². The van der Waals surface area contributed by atoms with Crippen LogP contribution in [0.25, 0.3) is 0 Å². The van der Waals surface area contributed by atoms with Gasteiger partial charge in [-0.2, -0.15) is 0 Å². The third-order valence-corrected chi connectivity index (χ3v) is 5.33. The highest BCUT2D eigenvalue weighted by Crippen LogP contribution is 2.17. The lowest BCUT2D eigenvalue weighted by molar-refractivity contribution is -0.138. The topological polar surface area (TPSA) is 82.1 Å². The molecule has 0 radical (unpaired) electrons. The maximum absolute atomic E-state index is 12.5. The van der Waals surface area contributed by atoms with Crippen LogP contribution in [-0.2, 0) is 14.3 Å². The number of esters is 2. The first kappa shape index (κ1) is 26.2. The summed E-state index contributed by atoms with van der Waals surface area (Å²) in [5.74, 6) is -0.345. The molecule has 0 spiro atoms. The fourth-order valence-electron chi connectivity index (χ4n) is 3.35. The maximum atomic E-state index is 12.5. The van der Waals surface area contributed by atoms with Gasteiger partial charge in [-0.15, -0.1) is 0 Å². The highest BCUT2D eigenvalue weighted by atomic mass is 16.6. The van der Waals surface area contributed by atoms with Gasteiger partial charge in [0.1, 0.15) is 19.0 Å². The summed E-state index contributed by atoms with van der Waals surface area (Å²) >= 11 is 0. The number of hydrogen-bond acceptors (Lipinski definition) is 7. The fourth-order valence-corrected chi connectivity index (χ4v) is 3.35. The van der Waals surface area contributed by atoms with Crippen molar-refractivity contribution in [1.29, 1.82) is 0 Å². The van der Waals surface area contributed by atoms with Gasteiger partial charge in [0.25, 0.3) is 0 Å². The van der Waals surface area contributed by atoms with E-state index < -0.39 is 11.9 Å². The Morgan fingerprint density at radius 1 is 0.778 bits per heavy atom. The van der Waals surface area contributed by atoms with Gasteiger partial charge in [-0.1, -0.05) is 36.9 Å². The summed E-state index contributed by atoms with van der Waals surface area (Å²) in [5.41, 5.74) is 2.65. The molecule has 0 heterocycles. The molecule has 0 aliphatic carbocycles. The van der Waals surface area contributed by atoms with Gasteiger partial charge in [0.2, 0.25) is 0 Å². The standard InChI is InChI=1S/C29H29NO6/c1-3-27(31)35-20-21-36-29(33)24-10-14-25(15-11-24)30(2)18-7-19-34-26-16-12-23(13-17-26)28(32)22-8-5-4-6-9-22/h3-6,8-17H,1,7,18-21H2,2H3. The molecule has 0 aliphatic heterocycles. The lowest BCUT2D eigenvalue weighted by atomic mass is 10.0. The van der Waals surface area contributed by atoms with Crippen molar-refractivity contribution in [3.63, 3.8) is 0 Å². The van der Waals surface area contributed by atoms with E-state index in [4.69, 9.17) is 14.2 Å². The highest BCUT2D eigenvalue weighted by Gasteiger charge is 2.10. The predicted molar refractivity (Wildman–Crippen MR) is 138 cm³/mol. The van der Waals surface area contributed by atoms with Crippen molar-refractivity contribution in [3.8, 4) is 5.75 Å². The fraction of sp³-hybridized carbons (Fsp3) is 0.207. The number of nitrogens with zero attached hydrogens (tertiary/aromatic N) is 1. The summed E-state index contributed by atoms with van der Waals surface area (Å²) < 4.78 is 15.7. The number of ether oxygens (including phenoxy) is 3. The smallest absolute Gasteiger partial charge is 0.338 e. The number of hydrogen-bond donors (Lipinski definition) is 0. The first-order valence-corrected chi connectivity index (χ1v) is 11.6. The predicted octanol–water partition coefficient (Wildman–Crippen LogP) is 4.71. The van der Waals surface area contributed by atoms with Gasteiger partial charge in [0, 0.05) is 36.5 Å². The molecular weight excluding hydrogens is 458 g/mol. The van der Waals surface area contributed by atoms with Crippen LogP contribution in [0.1, 0.15) is 32.7 Å². The Morgan fingerprint density at radius 2 is 1.39 bits per heavy atom. The summed E-state index contributed by atoms with van der Waals surface area (Å²) in [5, 5.41) is 0. The van der Waals surface area contributed by atoms with Crippen LogP contribution in [0, 0.1) is 0 Å². The Hall–Kier alpha value is -4.39. The Kier molecular flexibility index (Phi) is 9.82. The molecule has 3 rings (SSSR count). The van der Waals surface area contributed by atoms with Crippen molar-refractivity contribution in [3.05, 3.63) is 108 Å². The van der Waals surface area contributed by atoms with E-state index in [1.165, 1.54) is 0 Å². The average molecular weight is 488 g/mol. The van der Waals surface area contributed by atoms with E-state index in [-0.39, 0.29) is 19.0 Å². The molecule has 36 heavy (non-hydrogen) atoms. The van der Waals surface area contributed by atoms with E-state index in [0.717, 1.165) is 24.7 Å². The van der Waals surface area contributed by atoms with Crippen LogP contribution in [-0.4, -0.2) is 51.1 Å². The van der Waals surface area contributed by atoms with Crippen molar-refractivity contribution < 1.29 is 28.6 Å². The van der Waals surface area contributed by atoms with Crippen LogP contribution in [0.15, 0.2) is 91.5 Å². The van der Waals surface area contributed by atoms with Crippen LogP contribution in [0.2, 0.25) is 0 Å². The minimum absolute atomic E-state index is 0.0166. The maximum Gasteiger partial charge on any atom is 0.338 e. The second-order valence-corrected chi connectivity index (χ2v) is 7.90. The molecule has 0 aliphatic rings. The molecule has 0 saturated carbocycles. The number of carbonyl (C=O) groups is 3. The third kappa shape index (κ3) is 7.84. The molecule has 0 bridgehead atoms. The quantitative estimate of drug-likeness (QED) is 0.149. The molecule has 7 nitrogen and oxygen atoms in total. The molecular formula is C29H29NO6. The molecule has 3 aromatic rings. The molecule has 0 fully saturated rings. The van der Waals surface area contributed by atoms with E-state index >= 15 is 0 Å². The zero-order valence-corrected chi connectivity index (χ0v) is 20.2. The van der Waals surface area contributed by atoms with E-state index in [9.17, 15) is 14.4 Å². The van der Waals surface area contributed by atoms with Crippen LogP contribution in [0.4, 0.5) is 5.69 Å². The van der Waals surface area contributed by atoms with Gasteiger partial charge < -0.3 is 19.1 Å². The Bertz CT molecular complexity index is 1160. The van der Waals surface area contributed by atoms with E-state index in [2.05, 4.69) is 11.5 Å².